The quantitative estimate of drug-likeness (QED) is 0.435. The number of hydrogen-bond acceptors (Lipinski definition) is 1. The lowest BCUT2D eigenvalue weighted by Crippen LogP contribution is -2.41. The van der Waals surface area contributed by atoms with E-state index in [4.69, 9.17) is 0 Å². The van der Waals surface area contributed by atoms with Crippen molar-refractivity contribution in [2.45, 2.75) is 70.8 Å². The van der Waals surface area contributed by atoms with Crippen molar-refractivity contribution in [3.05, 3.63) is 0 Å². The van der Waals surface area contributed by atoms with Crippen LogP contribution >= 0.6 is 0 Å². The Morgan fingerprint density at radius 1 is 0.824 bits per heavy atom. The standard InChI is InChI=1S/C15H34NO/c1-5-6-7-8-9-10-11-12-13-15(17)14-16(2,3)4/h15,17H,5-14H2,1-4H3/q+1. The summed E-state index contributed by atoms with van der Waals surface area (Å²) in [5.41, 5.74) is 0. The number of rotatable bonds is 11. The second kappa shape index (κ2) is 9.90. The van der Waals surface area contributed by atoms with E-state index in [2.05, 4.69) is 28.1 Å². The maximum atomic E-state index is 9.84. The Balaban J connectivity index is 3.22. The summed E-state index contributed by atoms with van der Waals surface area (Å²) in [7, 11) is 6.41. The molecular formula is C15H34NO+. The lowest BCUT2D eigenvalue weighted by atomic mass is 10.1. The smallest absolute Gasteiger partial charge is 0.104 e. The molecular weight excluding hydrogens is 210 g/mol. The summed E-state index contributed by atoms with van der Waals surface area (Å²) in [5, 5.41) is 9.84. The fraction of sp³-hybridized carbons (Fsp3) is 1.00. The molecule has 0 spiro atoms. The van der Waals surface area contributed by atoms with Gasteiger partial charge in [-0.3, -0.25) is 0 Å². The third-order valence-corrected chi connectivity index (χ3v) is 3.15. The van der Waals surface area contributed by atoms with Crippen LogP contribution in [-0.4, -0.2) is 43.4 Å². The van der Waals surface area contributed by atoms with E-state index in [1.54, 1.807) is 0 Å². The molecule has 1 atom stereocenters. The molecule has 0 aliphatic heterocycles. The first-order chi connectivity index (χ1) is 7.95. The molecule has 0 radical (unpaired) electrons. The molecule has 0 aliphatic rings. The molecule has 0 bridgehead atoms. The van der Waals surface area contributed by atoms with Gasteiger partial charge < -0.3 is 9.59 Å². The van der Waals surface area contributed by atoms with Crippen LogP contribution in [0.4, 0.5) is 0 Å². The molecule has 0 aromatic rings. The average molecular weight is 244 g/mol. The van der Waals surface area contributed by atoms with E-state index in [0.717, 1.165) is 17.4 Å². The van der Waals surface area contributed by atoms with Crippen LogP contribution in [-0.2, 0) is 0 Å². The Hall–Kier alpha value is -0.0800. The van der Waals surface area contributed by atoms with Gasteiger partial charge in [-0.25, -0.2) is 0 Å². The molecule has 0 heterocycles. The highest BCUT2D eigenvalue weighted by Crippen LogP contribution is 2.11. The van der Waals surface area contributed by atoms with Crippen LogP contribution in [0, 0.1) is 0 Å². The van der Waals surface area contributed by atoms with Gasteiger partial charge in [0.1, 0.15) is 12.6 Å². The van der Waals surface area contributed by atoms with E-state index in [9.17, 15) is 5.11 Å². The zero-order valence-corrected chi connectivity index (χ0v) is 12.5. The minimum absolute atomic E-state index is 0.116. The van der Waals surface area contributed by atoms with Gasteiger partial charge in [-0.15, -0.1) is 0 Å². The minimum atomic E-state index is -0.116. The van der Waals surface area contributed by atoms with Crippen molar-refractivity contribution in [2.75, 3.05) is 27.7 Å². The van der Waals surface area contributed by atoms with E-state index in [-0.39, 0.29) is 6.10 Å². The summed E-state index contributed by atoms with van der Waals surface area (Å²) < 4.78 is 0.859. The predicted molar refractivity (Wildman–Crippen MR) is 76.1 cm³/mol. The molecule has 0 fully saturated rings. The van der Waals surface area contributed by atoms with Crippen molar-refractivity contribution in [3.8, 4) is 0 Å². The van der Waals surface area contributed by atoms with E-state index in [1.807, 2.05) is 0 Å². The highest BCUT2D eigenvalue weighted by Gasteiger charge is 2.14. The number of quaternary nitrogens is 1. The second-order valence-corrected chi connectivity index (χ2v) is 6.39. The van der Waals surface area contributed by atoms with Crippen LogP contribution in [0.3, 0.4) is 0 Å². The van der Waals surface area contributed by atoms with Gasteiger partial charge in [-0.05, 0) is 6.42 Å². The van der Waals surface area contributed by atoms with Crippen LogP contribution < -0.4 is 0 Å². The molecule has 104 valence electrons. The molecule has 0 aliphatic carbocycles. The van der Waals surface area contributed by atoms with Crippen LogP contribution in [0.5, 0.6) is 0 Å². The van der Waals surface area contributed by atoms with Gasteiger partial charge in [0, 0.05) is 0 Å². The summed E-state index contributed by atoms with van der Waals surface area (Å²) in [5.74, 6) is 0. The summed E-state index contributed by atoms with van der Waals surface area (Å²) in [6, 6.07) is 0. The van der Waals surface area contributed by atoms with E-state index >= 15 is 0 Å². The van der Waals surface area contributed by atoms with Gasteiger partial charge in [0.05, 0.1) is 21.1 Å². The molecule has 0 saturated heterocycles. The Morgan fingerprint density at radius 3 is 1.76 bits per heavy atom. The van der Waals surface area contributed by atoms with Gasteiger partial charge in [-0.2, -0.15) is 0 Å². The van der Waals surface area contributed by atoms with E-state index < -0.39 is 0 Å². The lowest BCUT2D eigenvalue weighted by Gasteiger charge is -2.26. The Morgan fingerprint density at radius 2 is 1.29 bits per heavy atom. The van der Waals surface area contributed by atoms with Crippen LogP contribution in [0.1, 0.15) is 64.7 Å². The molecule has 0 rings (SSSR count). The first kappa shape index (κ1) is 16.9. The van der Waals surface area contributed by atoms with Crippen LogP contribution in [0.25, 0.3) is 0 Å². The zero-order chi connectivity index (χ0) is 13.1. The van der Waals surface area contributed by atoms with Gasteiger partial charge in [0.15, 0.2) is 0 Å². The lowest BCUT2D eigenvalue weighted by molar-refractivity contribution is -0.873. The fourth-order valence-electron chi connectivity index (χ4n) is 2.24. The van der Waals surface area contributed by atoms with Crippen molar-refractivity contribution in [3.63, 3.8) is 0 Å². The molecule has 17 heavy (non-hydrogen) atoms. The Kier molecular flexibility index (Phi) is 9.85. The molecule has 1 unspecified atom stereocenters. The molecule has 1 N–H and O–H groups in total. The van der Waals surface area contributed by atoms with Crippen molar-refractivity contribution < 1.29 is 9.59 Å². The maximum Gasteiger partial charge on any atom is 0.104 e. The maximum absolute atomic E-state index is 9.84. The Labute approximate surface area is 109 Å². The monoisotopic (exact) mass is 244 g/mol. The topological polar surface area (TPSA) is 20.2 Å². The number of unbranched alkanes of at least 4 members (excludes halogenated alkanes) is 7. The fourth-order valence-corrected chi connectivity index (χ4v) is 2.24. The highest BCUT2D eigenvalue weighted by atomic mass is 16.3. The molecule has 0 saturated carbocycles. The Bertz CT molecular complexity index is 163. The largest absolute Gasteiger partial charge is 0.387 e. The van der Waals surface area contributed by atoms with E-state index in [0.29, 0.717) is 0 Å². The summed E-state index contributed by atoms with van der Waals surface area (Å²) in [6.07, 6.45) is 11.6. The number of likely N-dealkylation sites (N-methyl/N-ethyl adjacent to an activating group) is 1. The second-order valence-electron chi connectivity index (χ2n) is 6.39. The minimum Gasteiger partial charge on any atom is -0.387 e. The first-order valence-corrected chi connectivity index (χ1v) is 7.44. The third kappa shape index (κ3) is 13.9. The number of hydrogen-bond donors (Lipinski definition) is 1. The van der Waals surface area contributed by atoms with Crippen molar-refractivity contribution >= 4 is 0 Å². The first-order valence-electron chi connectivity index (χ1n) is 7.44. The molecule has 0 aromatic heterocycles. The van der Waals surface area contributed by atoms with E-state index in [1.165, 1.54) is 51.4 Å². The number of nitrogens with zero attached hydrogens (tertiary/aromatic N) is 1. The van der Waals surface area contributed by atoms with Gasteiger partial charge >= 0.3 is 0 Å². The molecule has 0 aromatic carbocycles. The van der Waals surface area contributed by atoms with Crippen LogP contribution in [0.2, 0.25) is 0 Å². The van der Waals surface area contributed by atoms with Crippen molar-refractivity contribution in [1.82, 2.24) is 0 Å². The van der Waals surface area contributed by atoms with Crippen molar-refractivity contribution in [2.24, 2.45) is 0 Å². The summed E-state index contributed by atoms with van der Waals surface area (Å²) in [6.45, 7) is 3.13. The zero-order valence-electron chi connectivity index (χ0n) is 12.5. The highest BCUT2D eigenvalue weighted by molar-refractivity contribution is 4.55. The van der Waals surface area contributed by atoms with Crippen molar-refractivity contribution in [1.29, 1.82) is 0 Å². The van der Waals surface area contributed by atoms with Crippen LogP contribution in [0.15, 0.2) is 0 Å². The molecule has 2 nitrogen and oxygen atoms in total. The number of aliphatic hydroxyl groups excluding tert-OH is 1. The van der Waals surface area contributed by atoms with Gasteiger partial charge in [0.25, 0.3) is 0 Å². The van der Waals surface area contributed by atoms with Gasteiger partial charge in [0.2, 0.25) is 0 Å². The number of aliphatic hydroxyl groups is 1. The molecule has 0 amide bonds. The summed E-state index contributed by atoms with van der Waals surface area (Å²) >= 11 is 0. The summed E-state index contributed by atoms with van der Waals surface area (Å²) in [4.78, 5) is 0. The predicted octanol–water partition coefficient (Wildman–Crippen LogP) is 3.58. The van der Waals surface area contributed by atoms with Gasteiger partial charge in [-0.1, -0.05) is 58.3 Å². The SMILES string of the molecule is CCCCCCCCCCC(O)C[N+](C)(C)C. The molecule has 2 heteroatoms. The third-order valence-electron chi connectivity index (χ3n) is 3.15. The average Bonchev–Trinajstić information content (AvgIpc) is 2.19. The normalized spacial score (nSPS) is 13.9.